The first-order valence-electron chi connectivity index (χ1n) is 26.5. The van der Waals surface area contributed by atoms with E-state index in [0.717, 1.165) is 63.2 Å². The predicted octanol–water partition coefficient (Wildman–Crippen LogP) is 11.3. The van der Waals surface area contributed by atoms with Crippen molar-refractivity contribution in [3.05, 3.63) is 41.5 Å². The Balaban J connectivity index is 0. The van der Waals surface area contributed by atoms with Crippen molar-refractivity contribution in [2.75, 3.05) is 59.6 Å². The number of carboxylic acids is 2. The van der Waals surface area contributed by atoms with Crippen molar-refractivity contribution in [1.29, 1.82) is 0 Å². The van der Waals surface area contributed by atoms with Crippen LogP contribution in [0.15, 0.2) is 35.9 Å². The van der Waals surface area contributed by atoms with Gasteiger partial charge in [0.15, 0.2) is 6.10 Å². The summed E-state index contributed by atoms with van der Waals surface area (Å²) in [5, 5.41) is 32.2. The molecule has 0 heterocycles. The van der Waals surface area contributed by atoms with Crippen LogP contribution < -0.4 is 0 Å². The van der Waals surface area contributed by atoms with Gasteiger partial charge in [0.2, 0.25) is 0 Å². The number of aliphatic hydroxyl groups excluding tert-OH is 2. The van der Waals surface area contributed by atoms with Gasteiger partial charge in [-0.15, -0.1) is 11.8 Å². The monoisotopic (exact) mass is 1120 g/mol. The van der Waals surface area contributed by atoms with Gasteiger partial charge in [0.05, 0.1) is 50.3 Å². The molecule has 1 aromatic rings. The highest BCUT2D eigenvalue weighted by molar-refractivity contribution is 8.47. The number of hydrogen-bond acceptors (Lipinski definition) is 17. The van der Waals surface area contributed by atoms with Gasteiger partial charge < -0.3 is 48.8 Å². The van der Waals surface area contributed by atoms with Crippen LogP contribution in [0.25, 0.3) is 6.08 Å². The van der Waals surface area contributed by atoms with Crippen LogP contribution in [0.3, 0.4) is 0 Å². The molecule has 0 fully saturated rings. The van der Waals surface area contributed by atoms with Crippen molar-refractivity contribution in [1.82, 2.24) is 0 Å². The molecular weight excluding hydrogens is 1020 g/mol. The maximum atomic E-state index is 13.2. The highest BCUT2D eigenvalue weighted by Gasteiger charge is 2.34. The molecule has 0 aliphatic carbocycles. The molecule has 16 nitrogen and oxygen atoms in total. The van der Waals surface area contributed by atoms with Crippen LogP contribution >= 0.6 is 35.7 Å². The molecule has 4 unspecified atom stereocenters. The van der Waals surface area contributed by atoms with Crippen molar-refractivity contribution in [3.63, 3.8) is 0 Å². The highest BCUT2D eigenvalue weighted by atomic mass is 32.2. The number of unbranched alkanes of at least 4 members (excludes halogenated alkanes) is 14. The molecule has 4 atom stereocenters. The van der Waals surface area contributed by atoms with Gasteiger partial charge in [0.1, 0.15) is 21.0 Å². The predicted molar refractivity (Wildman–Crippen MR) is 303 cm³/mol. The normalized spacial score (nSPS) is 13.1. The van der Waals surface area contributed by atoms with Crippen molar-refractivity contribution in [3.8, 4) is 0 Å². The molecule has 0 saturated carbocycles. The summed E-state index contributed by atoms with van der Waals surface area (Å²) in [6.07, 6.45) is 18.4. The first-order chi connectivity index (χ1) is 35.5. The van der Waals surface area contributed by atoms with Gasteiger partial charge in [-0.05, 0) is 91.0 Å². The van der Waals surface area contributed by atoms with Crippen molar-refractivity contribution < 1.29 is 77.6 Å². The number of methoxy groups -OCH3 is 2. The molecule has 0 bridgehead atoms. The molecule has 0 amide bonds. The van der Waals surface area contributed by atoms with E-state index in [0.29, 0.717) is 35.3 Å². The average molecular weight is 1120 g/mol. The van der Waals surface area contributed by atoms with Gasteiger partial charge in [-0.3, -0.25) is 19.2 Å². The lowest BCUT2D eigenvalue weighted by atomic mass is 9.85. The number of aliphatic hydroxyl groups is 2. The Morgan fingerprint density at radius 3 is 1.65 bits per heavy atom. The van der Waals surface area contributed by atoms with Gasteiger partial charge in [-0.2, -0.15) is 0 Å². The molecule has 19 heteroatoms. The number of rotatable bonds is 38. The van der Waals surface area contributed by atoms with Crippen LogP contribution in [-0.4, -0.2) is 136 Å². The minimum Gasteiger partial charge on any atom is -0.481 e. The van der Waals surface area contributed by atoms with E-state index >= 15 is 0 Å². The second-order valence-corrected chi connectivity index (χ2v) is 23.4. The molecule has 75 heavy (non-hydrogen) atoms. The molecule has 0 aliphatic rings. The van der Waals surface area contributed by atoms with Gasteiger partial charge in [0, 0.05) is 19.8 Å². The van der Waals surface area contributed by atoms with Crippen LogP contribution in [-0.2, 0) is 57.2 Å². The number of ether oxygens (including phenoxy) is 6. The first kappa shape index (κ1) is 73.5. The number of thiocarbonyl (C=S) groups is 1. The molecule has 432 valence electrons. The third-order valence-corrected chi connectivity index (χ3v) is 14.0. The van der Waals surface area contributed by atoms with Gasteiger partial charge in [-0.1, -0.05) is 152 Å². The Morgan fingerprint density at radius 1 is 0.667 bits per heavy atom. The standard InChI is InChI=1S/C48H78O9S3.C5H8O5.C3H8O2/c1-9-10-11-12-13-14-15-18-21-27-34-59-46(58)60-41(44(51)57-47(3,4)5)35-38(2)42(49)54-30-25-19-16-17-20-26-31-55-43(50)40(36-39-28-23-22-24-29-39)37-48(6,7)45(52)56-33-32-53-8;1-2(4(7)8)3(6)5(9)10;1-5-3-2-4/h22-24,28-29,36,38,41H,9-21,25-27,30-35,37H2,1-8H3;2-3,6H,1H3,(H,7,8)(H,9,10);4H,2-3H2,1H3/b40-36+;;. The van der Waals surface area contributed by atoms with Gasteiger partial charge in [0.25, 0.3) is 0 Å². The number of thioether (sulfide) groups is 2. The number of benzene rings is 1. The summed E-state index contributed by atoms with van der Waals surface area (Å²) in [6, 6.07) is 9.49. The summed E-state index contributed by atoms with van der Waals surface area (Å²) < 4.78 is 32.4. The summed E-state index contributed by atoms with van der Waals surface area (Å²) >= 11 is 8.62. The lowest BCUT2D eigenvalue weighted by molar-refractivity contribution is -0.158. The molecular formula is C56H94O16S3. The molecule has 4 N–H and O–H groups in total. The fourth-order valence-corrected chi connectivity index (χ4v) is 9.44. The Bertz CT molecular complexity index is 1730. The summed E-state index contributed by atoms with van der Waals surface area (Å²) in [6.45, 7) is 15.8. The van der Waals surface area contributed by atoms with Crippen LogP contribution in [0.1, 0.15) is 177 Å². The maximum absolute atomic E-state index is 13.2. The lowest BCUT2D eigenvalue weighted by Gasteiger charge is -2.25. The van der Waals surface area contributed by atoms with E-state index in [1.165, 1.54) is 69.5 Å². The largest absolute Gasteiger partial charge is 0.481 e. The molecule has 1 rings (SSSR count). The summed E-state index contributed by atoms with van der Waals surface area (Å²) in [7, 11) is 3.09. The zero-order chi connectivity index (χ0) is 57.1. The minimum atomic E-state index is -1.82. The zero-order valence-electron chi connectivity index (χ0n) is 46.9. The quantitative estimate of drug-likeness (QED) is 0.0158. The highest BCUT2D eigenvalue weighted by Crippen LogP contribution is 2.31. The first-order valence-corrected chi connectivity index (χ1v) is 28.8. The third-order valence-electron chi connectivity index (χ3n) is 11.1. The summed E-state index contributed by atoms with van der Waals surface area (Å²) in [5.41, 5.74) is -0.310. The summed E-state index contributed by atoms with van der Waals surface area (Å²) in [4.78, 5) is 72.0. The molecule has 0 spiro atoms. The third kappa shape index (κ3) is 41.2. The Morgan fingerprint density at radius 2 is 1.19 bits per heavy atom. The van der Waals surface area contributed by atoms with Crippen molar-refractivity contribution in [2.24, 2.45) is 17.3 Å². The van der Waals surface area contributed by atoms with Crippen LogP contribution in [0.2, 0.25) is 0 Å². The molecule has 1 aromatic carbocycles. The molecule has 0 aliphatic heterocycles. The Labute approximate surface area is 462 Å². The second kappa shape index (κ2) is 45.4. The lowest BCUT2D eigenvalue weighted by Crippen LogP contribution is -2.33. The van der Waals surface area contributed by atoms with E-state index < -0.39 is 58.1 Å². The SMILES string of the molecule is CC(C(=O)O)C(O)C(=O)O.CCCCCCCCCCCCSC(=S)SC(CC(C)C(=O)OCCCCCCCCOC(=O)/C(=C/c1ccccc1)CC(C)(C)C(=O)OCCOC)C(=O)OC(C)(C)C.COCCO. The van der Waals surface area contributed by atoms with Gasteiger partial charge >= 0.3 is 35.8 Å². The number of carbonyl (C=O) groups excluding carboxylic acids is 4. The number of carboxylic acid groups (broad SMARTS) is 2. The van der Waals surface area contributed by atoms with E-state index in [2.05, 4.69) is 11.7 Å². The van der Waals surface area contributed by atoms with Crippen LogP contribution in [0.5, 0.6) is 0 Å². The fraction of sp³-hybridized carbons (Fsp3) is 0.732. The number of aliphatic carboxylic acids is 2. The number of esters is 4. The molecule has 0 aromatic heterocycles. The van der Waals surface area contributed by atoms with Crippen molar-refractivity contribution >= 4 is 81.2 Å². The number of carbonyl (C=O) groups is 6. The van der Waals surface area contributed by atoms with Crippen LogP contribution in [0.4, 0.5) is 0 Å². The zero-order valence-corrected chi connectivity index (χ0v) is 49.3. The van der Waals surface area contributed by atoms with E-state index in [1.54, 1.807) is 52.8 Å². The molecule has 0 saturated heterocycles. The Kier molecular flexibility index (Phi) is 44.5. The second-order valence-electron chi connectivity index (χ2n) is 19.9. The fourth-order valence-electron chi connectivity index (χ4n) is 6.69. The molecule has 0 radical (unpaired) electrons. The van der Waals surface area contributed by atoms with Gasteiger partial charge in [-0.25, -0.2) is 9.59 Å². The number of hydrogen-bond donors (Lipinski definition) is 4. The topological polar surface area (TPSA) is 239 Å². The van der Waals surface area contributed by atoms with E-state index in [1.807, 2.05) is 51.1 Å². The summed E-state index contributed by atoms with van der Waals surface area (Å²) in [5.74, 6) is -5.17. The smallest absolute Gasteiger partial charge is 0.334 e. The maximum Gasteiger partial charge on any atom is 0.334 e. The van der Waals surface area contributed by atoms with E-state index in [-0.39, 0.29) is 38.2 Å². The van der Waals surface area contributed by atoms with Crippen molar-refractivity contribution in [2.45, 2.75) is 188 Å². The van der Waals surface area contributed by atoms with Crippen LogP contribution in [0, 0.1) is 17.3 Å². The average Bonchev–Trinajstić information content (AvgIpc) is 3.35. The van der Waals surface area contributed by atoms with E-state index in [4.69, 9.17) is 56.3 Å². The van der Waals surface area contributed by atoms with E-state index in [9.17, 15) is 28.8 Å². The Hall–Kier alpha value is -3.59. The minimum absolute atomic E-state index is 0.122.